The lowest BCUT2D eigenvalue weighted by atomic mass is 9.55. The van der Waals surface area contributed by atoms with Gasteiger partial charge in [-0.05, 0) is 172 Å². The number of fused-ring (bicyclic) bond motifs is 10. The van der Waals surface area contributed by atoms with Crippen molar-refractivity contribution in [1.29, 1.82) is 0 Å². The van der Waals surface area contributed by atoms with Crippen LogP contribution in [-0.2, 0) is 45.1 Å². The molecule has 2 heterocycles. The first-order valence-corrected chi connectivity index (χ1v) is 28.8. The molecule has 6 aliphatic carbocycles. The van der Waals surface area contributed by atoms with Crippen LogP contribution in [0.5, 0.6) is 11.5 Å². The van der Waals surface area contributed by atoms with Gasteiger partial charge >= 0.3 is 11.8 Å². The Hall–Kier alpha value is -5.86. The molecule has 4 amide bonds. The number of unbranched alkanes of at least 4 members (excludes halogenated alkanes) is 7. The fourth-order valence-electron chi connectivity index (χ4n) is 15.1. The predicted molar refractivity (Wildman–Crippen MR) is 293 cm³/mol. The zero-order valence-corrected chi connectivity index (χ0v) is 47.1. The molecule has 0 saturated heterocycles. The number of aromatic hydroxyl groups is 2. The lowest BCUT2D eigenvalue weighted by Crippen LogP contribution is -3.00. The molecule has 0 radical (unpaired) electrons. The predicted octanol–water partition coefficient (Wildman–Crippen LogP) is 4.22. The van der Waals surface area contributed by atoms with E-state index in [2.05, 4.69) is 47.5 Å². The minimum absolute atomic E-state index is 0. The third-order valence-corrected chi connectivity index (χ3v) is 19.1. The second-order valence-corrected chi connectivity index (χ2v) is 23.7. The summed E-state index contributed by atoms with van der Waals surface area (Å²) in [6.07, 6.45) is 28.8. The van der Waals surface area contributed by atoms with Crippen molar-refractivity contribution >= 4 is 46.4 Å². The minimum atomic E-state index is -0.171. The molecular weight excluding hydrogens is 1020 g/mol. The number of halogens is 2. The molecule has 0 spiro atoms. The molecule has 0 aliphatic heterocycles. The SMILES string of the molecule is C[C@]12CC[C@@H]3c4ccc(O)cc4CC[C@H]3[C@@H]1CC/C2=N\NC(=O)C[n+]1ccc(NC(=O)CCCCCCCCCCC(=O)Nc2cc[n+](CC(=O)N/N=C3\CC[C@H]4[C@@H]5CCc6cc(O)ccc6[C@H]5CC[C@]34C)cc2)cc1.[Cl-].[Cl-]. The van der Waals surface area contributed by atoms with Crippen LogP contribution >= 0.6 is 0 Å². The second-order valence-electron chi connectivity index (χ2n) is 23.7. The van der Waals surface area contributed by atoms with Crippen LogP contribution < -0.4 is 55.4 Å². The summed E-state index contributed by atoms with van der Waals surface area (Å²) >= 11 is 0. The van der Waals surface area contributed by atoms with E-state index in [1.165, 1.54) is 22.3 Å². The van der Waals surface area contributed by atoms with Gasteiger partial charge in [-0.25, -0.2) is 10.9 Å². The molecule has 8 atom stereocenters. The Labute approximate surface area is 472 Å². The number of hydrazone groups is 2. The zero-order valence-electron chi connectivity index (χ0n) is 45.6. The molecule has 78 heavy (non-hydrogen) atoms. The Kier molecular flexibility index (Phi) is 19.4. The topological polar surface area (TPSA) is 189 Å². The first-order valence-electron chi connectivity index (χ1n) is 28.8. The van der Waals surface area contributed by atoms with Gasteiger partial charge < -0.3 is 45.7 Å². The number of nitrogens with zero attached hydrogens (tertiary/aromatic N) is 4. The van der Waals surface area contributed by atoms with Crippen molar-refractivity contribution in [2.24, 2.45) is 44.7 Å². The van der Waals surface area contributed by atoms with Crippen LogP contribution in [0.2, 0.25) is 0 Å². The van der Waals surface area contributed by atoms with Gasteiger partial charge in [0.1, 0.15) is 11.5 Å². The third-order valence-electron chi connectivity index (χ3n) is 19.1. The highest BCUT2D eigenvalue weighted by Gasteiger charge is 2.55. The van der Waals surface area contributed by atoms with Crippen LogP contribution in [0.15, 0.2) is 95.7 Å². The van der Waals surface area contributed by atoms with Crippen LogP contribution in [0.1, 0.15) is 176 Å². The van der Waals surface area contributed by atoms with E-state index in [-0.39, 0.29) is 72.4 Å². The minimum Gasteiger partial charge on any atom is -1.00 e. The molecule has 0 bridgehead atoms. The highest BCUT2D eigenvalue weighted by Crippen LogP contribution is 2.61. The fourth-order valence-corrected chi connectivity index (χ4v) is 15.1. The zero-order chi connectivity index (χ0) is 52.8. The average Bonchev–Trinajstić information content (AvgIpc) is 4.07. The Balaban J connectivity index is 0.00000401. The van der Waals surface area contributed by atoms with Gasteiger partial charge in [-0.2, -0.15) is 19.3 Å². The number of carbonyl (C=O) groups is 4. The van der Waals surface area contributed by atoms with Gasteiger partial charge in [0, 0.05) is 59.4 Å². The molecular formula is C62H80Cl2N8O6. The van der Waals surface area contributed by atoms with Crippen LogP contribution in [0.4, 0.5) is 11.4 Å². The number of rotatable bonds is 19. The highest BCUT2D eigenvalue weighted by molar-refractivity contribution is 5.94. The van der Waals surface area contributed by atoms with Crippen molar-refractivity contribution in [3.63, 3.8) is 0 Å². The number of nitrogens with one attached hydrogen (secondary N) is 4. The largest absolute Gasteiger partial charge is 1.00 e. The van der Waals surface area contributed by atoms with E-state index >= 15 is 0 Å². The van der Waals surface area contributed by atoms with Gasteiger partial charge in [-0.15, -0.1) is 0 Å². The summed E-state index contributed by atoms with van der Waals surface area (Å²) in [4.78, 5) is 51.4. The number of aryl methyl sites for hydroxylation is 2. The number of hydrogen-bond acceptors (Lipinski definition) is 8. The summed E-state index contributed by atoms with van der Waals surface area (Å²) in [6, 6.07) is 19.1. The van der Waals surface area contributed by atoms with Gasteiger partial charge in [0.05, 0.1) is 11.4 Å². The van der Waals surface area contributed by atoms with Crippen molar-refractivity contribution in [3.05, 3.63) is 108 Å². The number of carbonyl (C=O) groups excluding carboxylic acids is 4. The molecule has 16 heteroatoms. The number of aromatic nitrogens is 2. The summed E-state index contributed by atoms with van der Waals surface area (Å²) in [7, 11) is 0. The Morgan fingerprint density at radius 3 is 1.29 bits per heavy atom. The summed E-state index contributed by atoms with van der Waals surface area (Å²) in [5, 5.41) is 35.5. The van der Waals surface area contributed by atoms with Gasteiger partial charge in [0.15, 0.2) is 24.8 Å². The van der Waals surface area contributed by atoms with E-state index in [1.54, 1.807) is 9.13 Å². The molecule has 14 nitrogen and oxygen atoms in total. The Bertz CT molecular complexity index is 2650. The molecule has 2 aromatic carbocycles. The Morgan fingerprint density at radius 2 is 0.897 bits per heavy atom. The van der Waals surface area contributed by atoms with Crippen LogP contribution in [0.3, 0.4) is 0 Å². The maximum Gasteiger partial charge on any atom is 0.305 e. The average molecular weight is 1100 g/mol. The number of hydrogen-bond donors (Lipinski definition) is 6. The quantitative estimate of drug-likeness (QED) is 0.0464. The molecule has 4 fully saturated rings. The molecule has 10 rings (SSSR count). The van der Waals surface area contributed by atoms with E-state index in [9.17, 15) is 29.4 Å². The van der Waals surface area contributed by atoms with Gasteiger partial charge in [-0.3, -0.25) is 19.2 Å². The fraction of sp³-hybridized carbons (Fsp3) is 0.548. The number of benzene rings is 2. The van der Waals surface area contributed by atoms with E-state index in [4.69, 9.17) is 10.2 Å². The summed E-state index contributed by atoms with van der Waals surface area (Å²) in [5.41, 5.74) is 14.8. The number of phenolic OH excluding ortho intramolecular Hbond substituents is 2. The molecule has 4 aromatic rings. The molecule has 0 unspecified atom stereocenters. The first-order chi connectivity index (χ1) is 36.8. The van der Waals surface area contributed by atoms with Crippen LogP contribution in [-0.4, -0.2) is 45.3 Å². The van der Waals surface area contributed by atoms with E-state index in [0.717, 1.165) is 140 Å². The number of phenols is 2. The van der Waals surface area contributed by atoms with Crippen LogP contribution in [0.25, 0.3) is 0 Å². The van der Waals surface area contributed by atoms with Crippen molar-refractivity contribution in [2.75, 3.05) is 10.6 Å². The van der Waals surface area contributed by atoms with Crippen molar-refractivity contribution in [1.82, 2.24) is 10.9 Å². The molecule has 2 aromatic heterocycles. The lowest BCUT2D eigenvalue weighted by Gasteiger charge is -2.49. The number of amides is 4. The normalized spacial score (nSPS) is 26.3. The van der Waals surface area contributed by atoms with Crippen molar-refractivity contribution in [3.8, 4) is 11.5 Å². The molecule has 6 aliphatic rings. The second kappa shape index (κ2) is 25.9. The summed E-state index contributed by atoms with van der Waals surface area (Å²) in [6.45, 7) is 4.97. The lowest BCUT2D eigenvalue weighted by molar-refractivity contribution is -0.684. The maximum atomic E-state index is 13.0. The van der Waals surface area contributed by atoms with E-state index < -0.39 is 0 Å². The molecule has 418 valence electrons. The van der Waals surface area contributed by atoms with Crippen molar-refractivity contribution < 1.29 is 63.3 Å². The van der Waals surface area contributed by atoms with Gasteiger partial charge in [-0.1, -0.05) is 64.5 Å². The third kappa shape index (κ3) is 13.2. The van der Waals surface area contributed by atoms with Crippen LogP contribution in [0, 0.1) is 34.5 Å². The monoisotopic (exact) mass is 1100 g/mol. The first kappa shape index (κ1) is 58.3. The maximum absolute atomic E-state index is 13.0. The number of anilines is 2. The van der Waals surface area contributed by atoms with E-state index in [1.807, 2.05) is 73.3 Å². The molecule has 6 N–H and O–H groups in total. The highest BCUT2D eigenvalue weighted by atomic mass is 35.5. The summed E-state index contributed by atoms with van der Waals surface area (Å²) in [5.74, 6) is 3.73. The number of pyridine rings is 2. The van der Waals surface area contributed by atoms with Crippen molar-refractivity contribution in [2.45, 2.75) is 180 Å². The molecule has 4 saturated carbocycles. The summed E-state index contributed by atoms with van der Waals surface area (Å²) < 4.78 is 3.59. The smallest absolute Gasteiger partial charge is 0.305 e. The Morgan fingerprint density at radius 1 is 0.513 bits per heavy atom. The van der Waals surface area contributed by atoms with Gasteiger partial charge in [0.2, 0.25) is 24.9 Å². The van der Waals surface area contributed by atoms with E-state index in [0.29, 0.717) is 71.2 Å². The standard InChI is InChI=1S/C62H78N8O6.2ClH/c1-61-31-25-49-47-19-15-45(71)37-41(47)13-17-51(49)53(61)21-23-55(61)65-67-59(75)39-69-33-27-43(28-34-69)63-57(73)11-9-7-5-3-4-6-8-10-12-58(74)64-44-29-35-70(36-30-44)40-60(76)68-66-56-24-22-54-52-18-14-42-38-46(72)16-20-48(42)50(52)26-32-62(54,56)2;;/h15-16,19-20,27-30,33-38,49-54H,3-14,17-18,21-26,31-32,39-40H2,1-2H3,(H4,67,68,71,72,75,76);2*1H/b65-55+,66-56+;;/t49-,50-,51-,52-,53+,54+,61+,62+;;/m1../s1. The van der Waals surface area contributed by atoms with Gasteiger partial charge in [0.25, 0.3) is 0 Å².